The number of hydroxylamine groups is 2. The monoisotopic (exact) mass is 226 g/mol. The molecule has 16 heavy (non-hydrogen) atoms. The standard InChI is InChI=1S/C11H18N2O3/c1-12-5-3-11(4-6-12)7-9(14)13(16-2)10(15)8-11/h3-8H2,1-2H3. The van der Waals surface area contributed by atoms with E-state index in [0.29, 0.717) is 12.8 Å². The molecule has 2 aliphatic rings. The average Bonchev–Trinajstić information content (AvgIpc) is 2.23. The van der Waals surface area contributed by atoms with Crippen LogP contribution in [0.2, 0.25) is 0 Å². The van der Waals surface area contributed by atoms with Crippen LogP contribution in [-0.2, 0) is 14.4 Å². The van der Waals surface area contributed by atoms with Crippen molar-refractivity contribution in [1.29, 1.82) is 0 Å². The Labute approximate surface area is 95.3 Å². The molecular weight excluding hydrogens is 208 g/mol. The summed E-state index contributed by atoms with van der Waals surface area (Å²) in [5.41, 5.74) is -0.101. The highest BCUT2D eigenvalue weighted by Gasteiger charge is 2.45. The van der Waals surface area contributed by atoms with Crippen molar-refractivity contribution in [2.24, 2.45) is 5.41 Å². The summed E-state index contributed by atoms with van der Waals surface area (Å²) in [5, 5.41) is 0.906. The van der Waals surface area contributed by atoms with Crippen LogP contribution in [0.5, 0.6) is 0 Å². The van der Waals surface area contributed by atoms with Gasteiger partial charge in [-0.1, -0.05) is 0 Å². The molecule has 2 fully saturated rings. The van der Waals surface area contributed by atoms with Gasteiger partial charge in [-0.2, -0.15) is 5.06 Å². The molecule has 2 aliphatic heterocycles. The summed E-state index contributed by atoms with van der Waals surface area (Å²) < 4.78 is 0. The van der Waals surface area contributed by atoms with Crippen LogP contribution in [0.25, 0.3) is 0 Å². The molecule has 0 atom stereocenters. The van der Waals surface area contributed by atoms with Gasteiger partial charge in [0.1, 0.15) is 0 Å². The van der Waals surface area contributed by atoms with Gasteiger partial charge < -0.3 is 4.90 Å². The van der Waals surface area contributed by atoms with Crippen LogP contribution < -0.4 is 0 Å². The van der Waals surface area contributed by atoms with E-state index in [9.17, 15) is 9.59 Å². The largest absolute Gasteiger partial charge is 0.306 e. The Hall–Kier alpha value is -0.940. The van der Waals surface area contributed by atoms with E-state index in [1.54, 1.807) is 0 Å². The Morgan fingerprint density at radius 2 is 1.62 bits per heavy atom. The molecule has 2 amide bonds. The maximum Gasteiger partial charge on any atom is 0.254 e. The minimum Gasteiger partial charge on any atom is -0.306 e. The number of likely N-dealkylation sites (tertiary alicyclic amines) is 1. The smallest absolute Gasteiger partial charge is 0.254 e. The SMILES string of the molecule is CON1C(=O)CC2(CCN(C)CC2)CC1=O. The summed E-state index contributed by atoms with van der Waals surface area (Å²) in [6.07, 6.45) is 2.75. The fraction of sp³-hybridized carbons (Fsp3) is 0.818. The number of hydrogen-bond donors (Lipinski definition) is 0. The Bertz CT molecular complexity index is 288. The van der Waals surface area contributed by atoms with Crippen LogP contribution in [0.4, 0.5) is 0 Å². The van der Waals surface area contributed by atoms with Gasteiger partial charge >= 0.3 is 0 Å². The van der Waals surface area contributed by atoms with Crippen LogP contribution in [0, 0.1) is 5.41 Å². The van der Waals surface area contributed by atoms with E-state index >= 15 is 0 Å². The zero-order valence-electron chi connectivity index (χ0n) is 9.86. The van der Waals surface area contributed by atoms with E-state index in [4.69, 9.17) is 4.84 Å². The van der Waals surface area contributed by atoms with Gasteiger partial charge in [-0.25, -0.2) is 0 Å². The number of rotatable bonds is 1. The molecule has 0 bridgehead atoms. The minimum absolute atomic E-state index is 0.101. The number of nitrogens with zero attached hydrogens (tertiary/aromatic N) is 2. The number of hydrogen-bond acceptors (Lipinski definition) is 4. The molecule has 2 heterocycles. The van der Waals surface area contributed by atoms with Crippen molar-refractivity contribution in [2.75, 3.05) is 27.2 Å². The van der Waals surface area contributed by atoms with Crippen molar-refractivity contribution < 1.29 is 14.4 Å². The first-order chi connectivity index (χ1) is 7.56. The maximum atomic E-state index is 11.8. The summed E-state index contributed by atoms with van der Waals surface area (Å²) >= 11 is 0. The van der Waals surface area contributed by atoms with Gasteiger partial charge in [-0.3, -0.25) is 14.4 Å². The molecule has 0 N–H and O–H groups in total. The summed E-state index contributed by atoms with van der Waals surface area (Å²) in [4.78, 5) is 30.5. The van der Waals surface area contributed by atoms with Gasteiger partial charge in [0.05, 0.1) is 7.11 Å². The molecule has 90 valence electrons. The summed E-state index contributed by atoms with van der Waals surface area (Å²) in [6, 6.07) is 0. The molecule has 0 saturated carbocycles. The van der Waals surface area contributed by atoms with Crippen molar-refractivity contribution >= 4 is 11.8 Å². The molecule has 5 nitrogen and oxygen atoms in total. The third kappa shape index (κ3) is 1.97. The van der Waals surface area contributed by atoms with E-state index in [2.05, 4.69) is 11.9 Å². The van der Waals surface area contributed by atoms with Crippen molar-refractivity contribution in [2.45, 2.75) is 25.7 Å². The lowest BCUT2D eigenvalue weighted by atomic mass is 9.71. The predicted molar refractivity (Wildman–Crippen MR) is 57.3 cm³/mol. The number of imide groups is 1. The van der Waals surface area contributed by atoms with E-state index in [0.717, 1.165) is 31.0 Å². The second-order valence-corrected chi connectivity index (χ2v) is 4.92. The first kappa shape index (κ1) is 11.5. The van der Waals surface area contributed by atoms with Crippen molar-refractivity contribution in [1.82, 2.24) is 9.96 Å². The number of carbonyl (C=O) groups excluding carboxylic acids is 2. The maximum absolute atomic E-state index is 11.8. The zero-order chi connectivity index (χ0) is 11.8. The normalized spacial score (nSPS) is 26.5. The molecule has 0 aromatic heterocycles. The molecule has 0 radical (unpaired) electrons. The number of amides is 2. The van der Waals surface area contributed by atoms with Crippen molar-refractivity contribution in [3.05, 3.63) is 0 Å². The summed E-state index contributed by atoms with van der Waals surface area (Å²) in [5.74, 6) is -0.383. The van der Waals surface area contributed by atoms with Crippen LogP contribution in [0.15, 0.2) is 0 Å². The Morgan fingerprint density at radius 1 is 1.12 bits per heavy atom. The van der Waals surface area contributed by atoms with Gasteiger partial charge in [-0.15, -0.1) is 0 Å². The highest BCUT2D eigenvalue weighted by molar-refractivity contribution is 5.97. The third-order valence-electron chi connectivity index (χ3n) is 3.74. The van der Waals surface area contributed by atoms with E-state index in [1.807, 2.05) is 0 Å². The molecule has 0 aromatic rings. The fourth-order valence-corrected chi connectivity index (χ4v) is 2.64. The molecule has 5 heteroatoms. The molecule has 1 spiro atoms. The highest BCUT2D eigenvalue weighted by Crippen LogP contribution is 2.41. The lowest BCUT2D eigenvalue weighted by Gasteiger charge is -2.43. The average molecular weight is 226 g/mol. The lowest BCUT2D eigenvalue weighted by Crippen LogP contribution is -2.50. The number of piperidine rings is 2. The topological polar surface area (TPSA) is 49.9 Å². The predicted octanol–water partition coefficient (Wildman–Crippen LogP) is 0.409. The third-order valence-corrected chi connectivity index (χ3v) is 3.74. The zero-order valence-corrected chi connectivity index (χ0v) is 9.86. The van der Waals surface area contributed by atoms with Crippen molar-refractivity contribution in [3.8, 4) is 0 Å². The Kier molecular flexibility index (Phi) is 2.99. The molecule has 2 rings (SSSR count). The molecular formula is C11H18N2O3. The first-order valence-electron chi connectivity index (χ1n) is 5.65. The summed E-state index contributed by atoms with van der Waals surface area (Å²) in [7, 11) is 3.43. The fourth-order valence-electron chi connectivity index (χ4n) is 2.64. The van der Waals surface area contributed by atoms with Gasteiger partial charge in [0.25, 0.3) is 11.8 Å². The molecule has 0 aliphatic carbocycles. The van der Waals surface area contributed by atoms with E-state index in [1.165, 1.54) is 7.11 Å². The first-order valence-corrected chi connectivity index (χ1v) is 5.65. The lowest BCUT2D eigenvalue weighted by molar-refractivity contribution is -0.198. The van der Waals surface area contributed by atoms with Crippen molar-refractivity contribution in [3.63, 3.8) is 0 Å². The molecule has 0 aromatic carbocycles. The minimum atomic E-state index is -0.191. The summed E-state index contributed by atoms with van der Waals surface area (Å²) in [6.45, 7) is 1.93. The second-order valence-electron chi connectivity index (χ2n) is 4.92. The van der Waals surface area contributed by atoms with Gasteiger partial charge in [0, 0.05) is 12.8 Å². The van der Waals surface area contributed by atoms with Crippen LogP contribution in [0.1, 0.15) is 25.7 Å². The Morgan fingerprint density at radius 3 is 2.06 bits per heavy atom. The van der Waals surface area contributed by atoms with Gasteiger partial charge in [-0.05, 0) is 38.4 Å². The second kappa shape index (κ2) is 4.14. The van der Waals surface area contributed by atoms with Gasteiger partial charge in [0.2, 0.25) is 0 Å². The van der Waals surface area contributed by atoms with E-state index in [-0.39, 0.29) is 17.2 Å². The van der Waals surface area contributed by atoms with Crippen LogP contribution in [0.3, 0.4) is 0 Å². The highest BCUT2D eigenvalue weighted by atomic mass is 16.7. The van der Waals surface area contributed by atoms with E-state index < -0.39 is 0 Å². The quantitative estimate of drug-likeness (QED) is 0.608. The van der Waals surface area contributed by atoms with Crippen LogP contribution in [-0.4, -0.2) is 49.0 Å². The molecule has 0 unspecified atom stereocenters. The Balaban J connectivity index is 2.09. The molecule has 2 saturated heterocycles. The number of carbonyl (C=O) groups is 2. The van der Waals surface area contributed by atoms with Crippen LogP contribution >= 0.6 is 0 Å². The van der Waals surface area contributed by atoms with Gasteiger partial charge in [0.15, 0.2) is 0 Å².